The van der Waals surface area contributed by atoms with Gasteiger partial charge in [-0.05, 0) is 48.9 Å². The van der Waals surface area contributed by atoms with Gasteiger partial charge in [0.1, 0.15) is 5.75 Å². The Morgan fingerprint density at radius 2 is 2.24 bits per heavy atom. The van der Waals surface area contributed by atoms with E-state index in [9.17, 15) is 13.6 Å². The van der Waals surface area contributed by atoms with Crippen molar-refractivity contribution in [2.45, 2.75) is 32.8 Å². The summed E-state index contributed by atoms with van der Waals surface area (Å²) >= 11 is 1.49. The molecule has 25 heavy (non-hydrogen) atoms. The van der Waals surface area contributed by atoms with E-state index >= 15 is 0 Å². The number of hydrazone groups is 1. The maximum Gasteiger partial charge on any atom is 0.387 e. The number of nitrogens with zero attached hydrogens (tertiary/aromatic N) is 1. The largest absolute Gasteiger partial charge is 0.434 e. The summed E-state index contributed by atoms with van der Waals surface area (Å²) in [5.41, 5.74) is 4.05. The zero-order valence-electron chi connectivity index (χ0n) is 13.7. The molecule has 0 spiro atoms. The van der Waals surface area contributed by atoms with Gasteiger partial charge in [0.15, 0.2) is 0 Å². The highest BCUT2D eigenvalue weighted by Gasteiger charge is 2.20. The lowest BCUT2D eigenvalue weighted by molar-refractivity contribution is -0.0499. The number of ether oxygens (including phenoxy) is 1. The number of alkyl halides is 2. The number of benzene rings is 1. The van der Waals surface area contributed by atoms with Gasteiger partial charge >= 0.3 is 6.61 Å². The summed E-state index contributed by atoms with van der Waals surface area (Å²) in [6.45, 7) is -0.701. The summed E-state index contributed by atoms with van der Waals surface area (Å²) in [6.07, 6.45) is 4.45. The van der Waals surface area contributed by atoms with Gasteiger partial charge in [0, 0.05) is 10.4 Å². The van der Waals surface area contributed by atoms with Crippen molar-refractivity contribution in [2.75, 3.05) is 0 Å². The van der Waals surface area contributed by atoms with E-state index in [0.29, 0.717) is 16.4 Å². The highest BCUT2D eigenvalue weighted by Crippen LogP contribution is 2.32. The van der Waals surface area contributed by atoms with Crippen LogP contribution in [0.1, 0.15) is 39.0 Å². The van der Waals surface area contributed by atoms with Crippen LogP contribution in [0, 0.1) is 5.92 Å². The predicted octanol–water partition coefficient (Wildman–Crippen LogP) is 4.24. The molecule has 1 heterocycles. The number of para-hydroxylation sites is 1. The molecule has 0 unspecified atom stereocenters. The van der Waals surface area contributed by atoms with Crippen molar-refractivity contribution in [3.8, 4) is 5.75 Å². The zero-order chi connectivity index (χ0) is 17.8. The fourth-order valence-corrected chi connectivity index (χ4v) is 3.92. The van der Waals surface area contributed by atoms with Crippen LogP contribution in [-0.4, -0.2) is 18.7 Å². The van der Waals surface area contributed by atoms with Crippen molar-refractivity contribution in [3.63, 3.8) is 0 Å². The van der Waals surface area contributed by atoms with Crippen molar-refractivity contribution in [1.82, 2.24) is 5.43 Å². The minimum Gasteiger partial charge on any atom is -0.434 e. The number of thiophene rings is 1. The van der Waals surface area contributed by atoms with Gasteiger partial charge < -0.3 is 4.74 Å². The molecular weight excluding hydrogens is 346 g/mol. The lowest BCUT2D eigenvalue weighted by atomic mass is 9.90. The Bertz CT molecular complexity index is 789. The molecule has 0 aliphatic heterocycles. The molecule has 132 valence electrons. The summed E-state index contributed by atoms with van der Waals surface area (Å²) in [4.78, 5) is 14.1. The third-order valence-electron chi connectivity index (χ3n) is 4.06. The molecule has 4 nitrogen and oxygen atoms in total. The molecular formula is C18H18F2N2O2S. The van der Waals surface area contributed by atoms with Crippen LogP contribution in [0.25, 0.3) is 0 Å². The SMILES string of the molecule is C[C@@H]1CCc2sc(C(=O)N/N=C\c3ccccc3OC(F)F)cc2C1. The summed E-state index contributed by atoms with van der Waals surface area (Å²) < 4.78 is 29.2. The number of aryl methyl sites for hydroxylation is 1. The molecule has 0 saturated carbocycles. The van der Waals surface area contributed by atoms with Crippen molar-refractivity contribution in [1.29, 1.82) is 0 Å². The number of amides is 1. The first-order valence-corrected chi connectivity index (χ1v) is 8.83. The van der Waals surface area contributed by atoms with Crippen LogP contribution >= 0.6 is 11.3 Å². The first-order valence-electron chi connectivity index (χ1n) is 8.01. The van der Waals surface area contributed by atoms with E-state index in [-0.39, 0.29) is 11.7 Å². The Morgan fingerprint density at radius 3 is 3.04 bits per heavy atom. The van der Waals surface area contributed by atoms with E-state index < -0.39 is 6.61 Å². The van der Waals surface area contributed by atoms with Crippen LogP contribution in [0.15, 0.2) is 35.4 Å². The molecule has 7 heteroatoms. The van der Waals surface area contributed by atoms with E-state index in [2.05, 4.69) is 22.2 Å². The molecule has 1 aliphatic rings. The van der Waals surface area contributed by atoms with Gasteiger partial charge in [-0.25, -0.2) is 5.43 Å². The van der Waals surface area contributed by atoms with E-state index in [1.807, 2.05) is 6.07 Å². The van der Waals surface area contributed by atoms with Gasteiger partial charge in [-0.2, -0.15) is 13.9 Å². The van der Waals surface area contributed by atoms with Crippen molar-refractivity contribution < 1.29 is 18.3 Å². The molecule has 0 radical (unpaired) electrons. The molecule has 1 aromatic carbocycles. The van der Waals surface area contributed by atoms with Crippen LogP contribution in [0.3, 0.4) is 0 Å². The number of carbonyl (C=O) groups excluding carboxylic acids is 1. The summed E-state index contributed by atoms with van der Waals surface area (Å²) in [5.74, 6) is 0.356. The fraction of sp³-hybridized carbons (Fsp3) is 0.333. The molecule has 3 rings (SSSR count). The van der Waals surface area contributed by atoms with Crippen molar-refractivity contribution in [3.05, 3.63) is 51.2 Å². The average molecular weight is 364 g/mol. The van der Waals surface area contributed by atoms with Gasteiger partial charge in [-0.15, -0.1) is 11.3 Å². The van der Waals surface area contributed by atoms with Crippen LogP contribution in [-0.2, 0) is 12.8 Å². The number of rotatable bonds is 5. The average Bonchev–Trinajstić information content (AvgIpc) is 2.99. The lowest BCUT2D eigenvalue weighted by Crippen LogP contribution is -2.16. The minimum absolute atomic E-state index is 0.0103. The maximum absolute atomic E-state index is 12.4. The highest BCUT2D eigenvalue weighted by atomic mass is 32.1. The smallest absolute Gasteiger partial charge is 0.387 e. The number of halogens is 2. The maximum atomic E-state index is 12.4. The lowest BCUT2D eigenvalue weighted by Gasteiger charge is -2.16. The second-order valence-corrected chi connectivity index (χ2v) is 7.16. The number of hydrogen-bond donors (Lipinski definition) is 1. The highest BCUT2D eigenvalue weighted by molar-refractivity contribution is 7.14. The quantitative estimate of drug-likeness (QED) is 0.637. The van der Waals surface area contributed by atoms with Gasteiger partial charge in [-0.1, -0.05) is 19.1 Å². The Morgan fingerprint density at radius 1 is 1.44 bits per heavy atom. The van der Waals surface area contributed by atoms with E-state index in [4.69, 9.17) is 0 Å². The first kappa shape index (κ1) is 17.5. The molecule has 2 aromatic rings. The Balaban J connectivity index is 1.66. The zero-order valence-corrected chi connectivity index (χ0v) is 14.5. The topological polar surface area (TPSA) is 50.7 Å². The van der Waals surface area contributed by atoms with Crippen molar-refractivity contribution >= 4 is 23.5 Å². The van der Waals surface area contributed by atoms with Crippen LogP contribution in [0.5, 0.6) is 5.75 Å². The summed E-state index contributed by atoms with van der Waals surface area (Å²) in [5, 5.41) is 3.86. The molecule has 1 amide bonds. The third kappa shape index (κ3) is 4.42. The van der Waals surface area contributed by atoms with E-state index in [1.165, 1.54) is 34.1 Å². The number of nitrogens with one attached hydrogen (secondary N) is 1. The molecule has 1 N–H and O–H groups in total. The Labute approximate surface area is 148 Å². The van der Waals surface area contributed by atoms with Crippen LogP contribution in [0.2, 0.25) is 0 Å². The first-order chi connectivity index (χ1) is 12.0. The van der Waals surface area contributed by atoms with Gasteiger partial charge in [-0.3, -0.25) is 4.79 Å². The standard InChI is InChI=1S/C18H18F2N2O2S/c1-11-6-7-15-13(8-11)9-16(25-15)17(23)22-21-10-12-4-2-3-5-14(12)24-18(19)20/h2-5,9-11,18H,6-8H2,1H3,(H,22,23)/b21-10-/t11-/m1/s1. The van der Waals surface area contributed by atoms with E-state index in [0.717, 1.165) is 19.3 Å². The van der Waals surface area contributed by atoms with Gasteiger partial charge in [0.05, 0.1) is 11.1 Å². The minimum atomic E-state index is -2.91. The summed E-state index contributed by atoms with van der Waals surface area (Å²) in [7, 11) is 0. The third-order valence-corrected chi connectivity index (χ3v) is 5.29. The molecule has 0 bridgehead atoms. The van der Waals surface area contributed by atoms with E-state index in [1.54, 1.807) is 18.2 Å². The molecule has 1 atom stereocenters. The second kappa shape index (κ2) is 7.74. The predicted molar refractivity (Wildman–Crippen MR) is 93.6 cm³/mol. The number of fused-ring (bicyclic) bond motifs is 1. The monoisotopic (exact) mass is 364 g/mol. The second-order valence-electron chi connectivity index (χ2n) is 6.02. The van der Waals surface area contributed by atoms with Crippen LogP contribution < -0.4 is 10.2 Å². The van der Waals surface area contributed by atoms with Gasteiger partial charge in [0.25, 0.3) is 5.91 Å². The molecule has 1 aliphatic carbocycles. The van der Waals surface area contributed by atoms with Crippen molar-refractivity contribution in [2.24, 2.45) is 11.0 Å². The molecule has 1 aromatic heterocycles. The Kier molecular flexibility index (Phi) is 5.43. The Hall–Kier alpha value is -2.28. The molecule has 0 saturated heterocycles. The van der Waals surface area contributed by atoms with Crippen LogP contribution in [0.4, 0.5) is 8.78 Å². The normalized spacial score (nSPS) is 16.9. The fourth-order valence-electron chi connectivity index (χ4n) is 2.82. The molecule has 0 fully saturated rings. The number of hydrogen-bond acceptors (Lipinski definition) is 4. The summed E-state index contributed by atoms with van der Waals surface area (Å²) in [6, 6.07) is 8.19. The van der Waals surface area contributed by atoms with Gasteiger partial charge in [0.2, 0.25) is 0 Å². The number of carbonyl (C=O) groups is 1.